The van der Waals surface area contributed by atoms with E-state index in [-0.39, 0.29) is 46.1 Å². The summed E-state index contributed by atoms with van der Waals surface area (Å²) in [6.45, 7) is 12.3. The number of anilines is 2. The first-order valence-electron chi connectivity index (χ1n) is 11.5. The monoisotopic (exact) mass is 526 g/mol. The molecule has 0 saturated heterocycles. The maximum atomic E-state index is 13.9. The third kappa shape index (κ3) is 5.90. The van der Waals surface area contributed by atoms with Gasteiger partial charge in [0.05, 0.1) is 29.9 Å². The molecule has 0 saturated carbocycles. The van der Waals surface area contributed by atoms with Crippen molar-refractivity contribution in [1.82, 2.24) is 4.90 Å². The van der Waals surface area contributed by atoms with E-state index < -0.39 is 29.5 Å². The van der Waals surface area contributed by atoms with Gasteiger partial charge in [0, 0.05) is 12.2 Å². The number of fused-ring (bicyclic) bond motifs is 1. The summed E-state index contributed by atoms with van der Waals surface area (Å²) in [7, 11) is -7.44. The highest BCUT2D eigenvalue weighted by atomic mass is 32.2. The lowest BCUT2D eigenvalue weighted by Gasteiger charge is -2.31. The summed E-state index contributed by atoms with van der Waals surface area (Å²) in [5.41, 5.74) is 0.524. The van der Waals surface area contributed by atoms with Gasteiger partial charge in [0.15, 0.2) is 5.84 Å². The normalized spacial score (nSPS) is 22.9. The fraction of sp³-hybridized carbons (Fsp3) is 0.565. The van der Waals surface area contributed by atoms with Gasteiger partial charge in [0.1, 0.15) is 11.3 Å². The minimum atomic E-state index is -3.89. The number of rotatable bonds is 8. The summed E-state index contributed by atoms with van der Waals surface area (Å²) < 4.78 is 49.4. The van der Waals surface area contributed by atoms with Crippen molar-refractivity contribution in [3.63, 3.8) is 0 Å². The van der Waals surface area contributed by atoms with E-state index in [1.807, 2.05) is 13.8 Å². The van der Waals surface area contributed by atoms with Crippen LogP contribution in [0.3, 0.4) is 0 Å². The van der Waals surface area contributed by atoms with Crippen LogP contribution in [0.4, 0.5) is 11.4 Å². The molecular weight excluding hydrogens is 491 g/mol. The predicted octanol–water partition coefficient (Wildman–Crippen LogP) is 3.85. The highest BCUT2D eigenvalue weighted by molar-refractivity contribution is 7.92. The smallest absolute Gasteiger partial charge is 0.348 e. The fourth-order valence-corrected chi connectivity index (χ4v) is 6.50. The summed E-state index contributed by atoms with van der Waals surface area (Å²) >= 11 is 0. The summed E-state index contributed by atoms with van der Waals surface area (Å²) in [6, 6.07) is 3.91. The molecule has 2 atom stereocenters. The minimum absolute atomic E-state index is 0.0118. The van der Waals surface area contributed by atoms with E-state index in [0.29, 0.717) is 12.2 Å². The number of aliphatic hydroxyl groups is 1. The fourth-order valence-electron chi connectivity index (χ4n) is 4.14. The first kappa shape index (κ1) is 27.2. The van der Waals surface area contributed by atoms with Crippen molar-refractivity contribution in [3.05, 3.63) is 29.5 Å². The second-order valence-electron chi connectivity index (χ2n) is 10.4. The van der Waals surface area contributed by atoms with Crippen LogP contribution in [0.15, 0.2) is 34.3 Å². The Morgan fingerprint density at radius 2 is 1.97 bits per heavy atom. The molecule has 10 nitrogen and oxygen atoms in total. The molecule has 0 spiro atoms. The molecule has 0 aliphatic carbocycles. The Kier molecular flexibility index (Phi) is 7.47. The van der Waals surface area contributed by atoms with Crippen molar-refractivity contribution < 1.29 is 27.4 Å². The van der Waals surface area contributed by atoms with E-state index >= 15 is 0 Å². The van der Waals surface area contributed by atoms with Crippen LogP contribution in [0.2, 0.25) is 0 Å². The molecule has 0 aromatic heterocycles. The zero-order valence-electron chi connectivity index (χ0n) is 21.2. The first-order chi connectivity index (χ1) is 16.1. The van der Waals surface area contributed by atoms with Gasteiger partial charge >= 0.3 is 7.52 Å². The highest BCUT2D eigenvalue weighted by Gasteiger charge is 2.45. The van der Waals surface area contributed by atoms with Gasteiger partial charge in [0.25, 0.3) is 5.91 Å². The molecule has 2 aliphatic rings. The molecule has 1 amide bonds. The number of carbonyl (C=O) groups excluding carboxylic acids is 1. The molecule has 3 N–H and O–H groups in total. The number of hydrogen-bond donors (Lipinski definition) is 3. The maximum Gasteiger partial charge on any atom is 0.348 e. The van der Waals surface area contributed by atoms with Gasteiger partial charge < -0.3 is 19.8 Å². The molecule has 2 aliphatic heterocycles. The van der Waals surface area contributed by atoms with Gasteiger partial charge in [-0.05, 0) is 42.9 Å². The number of hydrogen-bond acceptors (Lipinski definition) is 7. The molecule has 1 aromatic carbocycles. The van der Waals surface area contributed by atoms with Gasteiger partial charge in [0.2, 0.25) is 10.0 Å². The van der Waals surface area contributed by atoms with Gasteiger partial charge in [-0.2, -0.15) is 4.76 Å². The third-order valence-electron chi connectivity index (χ3n) is 5.71. The topological polar surface area (TPSA) is 137 Å². The van der Waals surface area contributed by atoms with E-state index in [1.54, 1.807) is 11.8 Å². The van der Waals surface area contributed by atoms with Crippen LogP contribution < -0.4 is 15.3 Å². The van der Waals surface area contributed by atoms with Gasteiger partial charge in [-0.1, -0.05) is 34.6 Å². The molecular formula is C23H35N4O6PS. The molecule has 1 aromatic rings. The Hall–Kier alpha value is -2.36. The van der Waals surface area contributed by atoms with Crippen LogP contribution in [0.1, 0.15) is 48.0 Å². The quantitative estimate of drug-likeness (QED) is 0.438. The number of nitrogens with one attached hydrogen (secondary N) is 2. The second kappa shape index (κ2) is 9.59. The Labute approximate surface area is 207 Å². The summed E-state index contributed by atoms with van der Waals surface area (Å²) in [6.07, 6.45) is 1.75. The Morgan fingerprint density at radius 3 is 2.51 bits per heavy atom. The first-order valence-corrected chi connectivity index (χ1v) is 15.0. The van der Waals surface area contributed by atoms with E-state index in [4.69, 9.17) is 4.52 Å². The number of sulfonamides is 1. The van der Waals surface area contributed by atoms with Crippen molar-refractivity contribution in [2.24, 2.45) is 16.1 Å². The molecule has 35 heavy (non-hydrogen) atoms. The molecule has 0 radical (unpaired) electrons. The zero-order chi connectivity index (χ0) is 26.3. The average molecular weight is 527 g/mol. The third-order valence-corrected chi connectivity index (χ3v) is 8.37. The SMILES string of the molecule is CCOP1(=O)N=C(C2=C(O)[C@H](C(C)C)N(CCC(C)(C)C)C2=O)Nc2ccc(NS(C)(=O)=O)cc21. The van der Waals surface area contributed by atoms with E-state index in [9.17, 15) is 22.9 Å². The van der Waals surface area contributed by atoms with Crippen LogP contribution in [-0.4, -0.2) is 55.6 Å². The highest BCUT2D eigenvalue weighted by Crippen LogP contribution is 2.52. The van der Waals surface area contributed by atoms with Crippen molar-refractivity contribution in [1.29, 1.82) is 0 Å². The number of nitrogens with zero attached hydrogens (tertiary/aromatic N) is 2. The Balaban J connectivity index is 2.06. The Bertz CT molecular complexity index is 1230. The van der Waals surface area contributed by atoms with Gasteiger partial charge in [-0.15, -0.1) is 0 Å². The standard InChI is InChI=1S/C23H35N4O6PS/c1-8-33-34(30)17-13-15(26-35(7,31)32)9-10-16(17)24-21(25-34)18-20(28)19(14(2)3)27(22(18)29)12-11-23(4,5)6/h9-10,13-14,19,26,28H,8,11-12H2,1-7H3,(H,24,25,30)/t19-,34?/m0/s1. The van der Waals surface area contributed by atoms with Crippen LogP contribution in [0, 0.1) is 11.3 Å². The number of amidine groups is 1. The van der Waals surface area contributed by atoms with Crippen LogP contribution >= 0.6 is 7.52 Å². The molecule has 1 unspecified atom stereocenters. The predicted molar refractivity (Wildman–Crippen MR) is 139 cm³/mol. The summed E-state index contributed by atoms with van der Waals surface area (Å²) in [4.78, 5) is 15.2. The molecule has 3 rings (SSSR count). The minimum Gasteiger partial charge on any atom is -0.509 e. The molecule has 2 heterocycles. The van der Waals surface area contributed by atoms with Crippen molar-refractivity contribution >= 4 is 46.0 Å². The van der Waals surface area contributed by atoms with Crippen molar-refractivity contribution in [2.45, 2.75) is 54.0 Å². The van der Waals surface area contributed by atoms with E-state index in [1.165, 1.54) is 18.2 Å². The zero-order valence-corrected chi connectivity index (χ0v) is 23.0. The largest absolute Gasteiger partial charge is 0.509 e. The molecule has 0 fully saturated rings. The van der Waals surface area contributed by atoms with Crippen molar-refractivity contribution in [3.8, 4) is 0 Å². The lowest BCUT2D eigenvalue weighted by Crippen LogP contribution is -2.41. The lowest BCUT2D eigenvalue weighted by atomic mass is 9.91. The molecule has 194 valence electrons. The van der Waals surface area contributed by atoms with Gasteiger partial charge in [-0.3, -0.25) is 14.1 Å². The van der Waals surface area contributed by atoms with Crippen LogP contribution in [0.5, 0.6) is 0 Å². The number of carbonyl (C=O) groups is 1. The molecule has 12 heteroatoms. The number of amides is 1. The average Bonchev–Trinajstić information content (AvgIpc) is 2.95. The summed E-state index contributed by atoms with van der Waals surface area (Å²) in [5.74, 6) is -0.591. The Morgan fingerprint density at radius 1 is 1.31 bits per heavy atom. The number of aliphatic hydroxyl groups excluding tert-OH is 1. The van der Waals surface area contributed by atoms with Gasteiger partial charge in [-0.25, -0.2) is 8.42 Å². The maximum absolute atomic E-state index is 13.9. The molecule has 0 bridgehead atoms. The van der Waals surface area contributed by atoms with E-state index in [2.05, 4.69) is 35.6 Å². The lowest BCUT2D eigenvalue weighted by molar-refractivity contribution is -0.127. The number of benzene rings is 1. The van der Waals surface area contributed by atoms with Crippen LogP contribution in [-0.2, 0) is 23.9 Å². The second-order valence-corrected chi connectivity index (χ2v) is 14.1. The summed E-state index contributed by atoms with van der Waals surface area (Å²) in [5, 5.41) is 14.3. The van der Waals surface area contributed by atoms with Crippen LogP contribution in [0.25, 0.3) is 0 Å². The van der Waals surface area contributed by atoms with Crippen molar-refractivity contribution in [2.75, 3.05) is 29.4 Å². The van der Waals surface area contributed by atoms with E-state index in [0.717, 1.165) is 12.7 Å².